The first-order valence-corrected chi connectivity index (χ1v) is 10.3. The van der Waals surface area contributed by atoms with Gasteiger partial charge in [-0.1, -0.05) is 23.8 Å². The van der Waals surface area contributed by atoms with Gasteiger partial charge in [0.05, 0.1) is 6.54 Å². The molecule has 0 atom stereocenters. The zero-order valence-corrected chi connectivity index (χ0v) is 16.6. The van der Waals surface area contributed by atoms with E-state index in [0.29, 0.717) is 6.54 Å². The fourth-order valence-corrected chi connectivity index (χ4v) is 4.78. The van der Waals surface area contributed by atoms with Crippen molar-refractivity contribution in [2.24, 2.45) is 0 Å². The lowest BCUT2D eigenvalue weighted by Crippen LogP contribution is -2.27. The molecule has 3 aromatic rings. The Morgan fingerprint density at radius 1 is 1.11 bits per heavy atom. The van der Waals surface area contributed by atoms with Gasteiger partial charge in [-0.2, -0.15) is 4.98 Å². The van der Waals surface area contributed by atoms with Crippen LogP contribution >= 0.6 is 11.8 Å². The number of hydrogen-bond acceptors (Lipinski definition) is 4. The van der Waals surface area contributed by atoms with E-state index in [2.05, 4.69) is 42.0 Å². The number of thioether (sulfide) groups is 1. The first kappa shape index (κ1) is 18.0. The number of hydrogen-bond donors (Lipinski definition) is 0. The molecule has 0 fully saturated rings. The predicted octanol–water partition coefficient (Wildman–Crippen LogP) is 4.08. The molecule has 4 nitrogen and oxygen atoms in total. The van der Waals surface area contributed by atoms with Gasteiger partial charge in [0.25, 0.3) is 0 Å². The maximum Gasteiger partial charge on any atom is 0.349 e. The molecular weight excluding hydrogens is 354 g/mol. The highest BCUT2D eigenvalue weighted by Gasteiger charge is 2.22. The first-order valence-electron chi connectivity index (χ1n) is 9.32. The average Bonchev–Trinajstić information content (AvgIpc) is 3.16. The minimum atomic E-state index is -0.143. The molecule has 2 aromatic heterocycles. The highest BCUT2D eigenvalue weighted by molar-refractivity contribution is 7.98. The summed E-state index contributed by atoms with van der Waals surface area (Å²) in [6, 6.07) is 10.4. The summed E-state index contributed by atoms with van der Waals surface area (Å²) in [5.41, 5.74) is 7.23. The molecule has 138 valence electrons. The minimum absolute atomic E-state index is 0.143. The van der Waals surface area contributed by atoms with Crippen molar-refractivity contribution >= 4 is 11.8 Å². The summed E-state index contributed by atoms with van der Waals surface area (Å²) in [5, 5.41) is 0.916. The fourth-order valence-electron chi connectivity index (χ4n) is 3.64. The molecule has 5 heteroatoms. The van der Waals surface area contributed by atoms with Crippen LogP contribution in [0.2, 0.25) is 0 Å². The van der Waals surface area contributed by atoms with Crippen molar-refractivity contribution in [3.8, 4) is 0 Å². The van der Waals surface area contributed by atoms with Crippen LogP contribution in [0, 0.1) is 13.8 Å². The van der Waals surface area contributed by atoms with Crippen LogP contribution in [0.15, 0.2) is 52.5 Å². The Bertz CT molecular complexity index is 1030. The Hall–Kier alpha value is -2.40. The van der Waals surface area contributed by atoms with Crippen LogP contribution in [0.3, 0.4) is 0 Å². The van der Waals surface area contributed by atoms with E-state index < -0.39 is 0 Å². The molecular formula is C22H23N3OS. The van der Waals surface area contributed by atoms with Crippen molar-refractivity contribution in [3.05, 3.63) is 86.7 Å². The summed E-state index contributed by atoms with van der Waals surface area (Å²) in [7, 11) is 0. The van der Waals surface area contributed by atoms with E-state index in [1.807, 2.05) is 16.7 Å². The topological polar surface area (TPSA) is 47.8 Å². The Balaban J connectivity index is 1.63. The minimum Gasteiger partial charge on any atom is -0.292 e. The van der Waals surface area contributed by atoms with Crippen LogP contribution < -0.4 is 5.69 Å². The maximum absolute atomic E-state index is 12.8. The molecule has 0 radical (unpaired) electrons. The molecule has 0 saturated heterocycles. The second-order valence-electron chi connectivity index (χ2n) is 7.14. The molecule has 1 aliphatic carbocycles. The molecule has 2 heterocycles. The summed E-state index contributed by atoms with van der Waals surface area (Å²) in [4.78, 5) is 21.3. The van der Waals surface area contributed by atoms with Gasteiger partial charge in [0.15, 0.2) is 0 Å². The van der Waals surface area contributed by atoms with Crippen molar-refractivity contribution < 1.29 is 0 Å². The van der Waals surface area contributed by atoms with Gasteiger partial charge in [-0.15, -0.1) is 11.8 Å². The highest BCUT2D eigenvalue weighted by Crippen LogP contribution is 2.32. The van der Waals surface area contributed by atoms with Crippen molar-refractivity contribution in [1.82, 2.24) is 14.5 Å². The Morgan fingerprint density at radius 2 is 1.93 bits per heavy atom. The summed E-state index contributed by atoms with van der Waals surface area (Å²) in [5.74, 6) is 0.848. The molecule has 0 N–H and O–H groups in total. The van der Waals surface area contributed by atoms with Gasteiger partial charge < -0.3 is 0 Å². The first-order chi connectivity index (χ1) is 13.1. The number of aryl methyl sites for hydroxylation is 2. The molecule has 1 aliphatic rings. The quantitative estimate of drug-likeness (QED) is 0.496. The number of fused-ring (bicyclic) bond motifs is 1. The van der Waals surface area contributed by atoms with Crippen LogP contribution in [0.5, 0.6) is 0 Å². The summed E-state index contributed by atoms with van der Waals surface area (Å²) < 4.78 is 1.85. The van der Waals surface area contributed by atoms with Gasteiger partial charge in [0.2, 0.25) is 0 Å². The van der Waals surface area contributed by atoms with Crippen LogP contribution in [-0.4, -0.2) is 14.5 Å². The van der Waals surface area contributed by atoms with Gasteiger partial charge in [-0.05, 0) is 61.9 Å². The van der Waals surface area contributed by atoms with E-state index in [4.69, 9.17) is 0 Å². The lowest BCUT2D eigenvalue weighted by atomic mass is 10.1. The highest BCUT2D eigenvalue weighted by atomic mass is 32.2. The van der Waals surface area contributed by atoms with Gasteiger partial charge in [0.1, 0.15) is 5.03 Å². The number of benzene rings is 1. The molecule has 0 aliphatic heterocycles. The molecule has 0 bridgehead atoms. The maximum atomic E-state index is 12.8. The normalized spacial score (nSPS) is 13.0. The monoisotopic (exact) mass is 377 g/mol. The smallest absolute Gasteiger partial charge is 0.292 e. The van der Waals surface area contributed by atoms with Crippen LogP contribution in [0.1, 0.15) is 39.9 Å². The number of rotatable bonds is 5. The molecule has 0 unspecified atom stereocenters. The second-order valence-corrected chi connectivity index (χ2v) is 8.10. The number of pyridine rings is 1. The van der Waals surface area contributed by atoms with Crippen molar-refractivity contribution in [1.29, 1.82) is 0 Å². The lowest BCUT2D eigenvalue weighted by Gasteiger charge is -2.14. The SMILES string of the molecule is Cc1ccc(C)c(CSc2nc(=O)n(Cc3ccncc3)c3c2CCC3)c1. The Labute approximate surface area is 163 Å². The number of nitrogens with zero attached hydrogens (tertiary/aromatic N) is 3. The molecule has 0 saturated carbocycles. The molecule has 0 amide bonds. The molecule has 0 spiro atoms. The van der Waals surface area contributed by atoms with E-state index in [0.717, 1.165) is 41.3 Å². The van der Waals surface area contributed by atoms with Crippen LogP contribution in [-0.2, 0) is 25.1 Å². The molecule has 1 aromatic carbocycles. The van der Waals surface area contributed by atoms with E-state index in [1.165, 1.54) is 22.3 Å². The van der Waals surface area contributed by atoms with Crippen LogP contribution in [0.4, 0.5) is 0 Å². The van der Waals surface area contributed by atoms with Gasteiger partial charge >= 0.3 is 5.69 Å². The zero-order valence-electron chi connectivity index (χ0n) is 15.7. The average molecular weight is 378 g/mol. The van der Waals surface area contributed by atoms with Gasteiger partial charge in [-0.3, -0.25) is 9.55 Å². The molecule has 27 heavy (non-hydrogen) atoms. The Morgan fingerprint density at radius 3 is 2.74 bits per heavy atom. The van der Waals surface area contributed by atoms with Crippen molar-refractivity contribution in [2.45, 2.75) is 50.4 Å². The summed E-state index contributed by atoms with van der Waals surface area (Å²) in [6.45, 7) is 4.82. The fraction of sp³-hybridized carbons (Fsp3) is 0.318. The van der Waals surface area contributed by atoms with E-state index in [-0.39, 0.29) is 5.69 Å². The number of aromatic nitrogens is 3. The third kappa shape index (κ3) is 3.83. The largest absolute Gasteiger partial charge is 0.349 e. The van der Waals surface area contributed by atoms with Gasteiger partial charge in [0, 0.05) is 29.4 Å². The van der Waals surface area contributed by atoms with E-state index in [9.17, 15) is 4.79 Å². The van der Waals surface area contributed by atoms with Gasteiger partial charge in [-0.25, -0.2) is 4.79 Å². The summed E-state index contributed by atoms with van der Waals surface area (Å²) in [6.07, 6.45) is 6.59. The zero-order chi connectivity index (χ0) is 18.8. The van der Waals surface area contributed by atoms with Crippen molar-refractivity contribution in [2.75, 3.05) is 0 Å². The standard InChI is InChI=1S/C22H23N3OS/c1-15-6-7-16(2)18(12-15)14-27-21-19-4-3-5-20(19)25(22(26)24-21)13-17-8-10-23-11-9-17/h6-12H,3-5,13-14H2,1-2H3. The van der Waals surface area contributed by atoms with E-state index in [1.54, 1.807) is 24.2 Å². The third-order valence-corrected chi connectivity index (χ3v) is 6.23. The van der Waals surface area contributed by atoms with Crippen LogP contribution in [0.25, 0.3) is 0 Å². The predicted molar refractivity (Wildman–Crippen MR) is 109 cm³/mol. The Kier molecular flexibility index (Phi) is 5.12. The third-order valence-electron chi connectivity index (χ3n) is 5.16. The lowest BCUT2D eigenvalue weighted by molar-refractivity contribution is 0.666. The summed E-state index contributed by atoms with van der Waals surface area (Å²) >= 11 is 1.70. The second kappa shape index (κ2) is 7.69. The van der Waals surface area contributed by atoms with E-state index >= 15 is 0 Å². The van der Waals surface area contributed by atoms with Crippen molar-refractivity contribution in [3.63, 3.8) is 0 Å². The molecule has 4 rings (SSSR count).